The first-order chi connectivity index (χ1) is 72.2. The number of carbonyl (C=O) groups is 4. The van der Waals surface area contributed by atoms with Gasteiger partial charge in [-0.2, -0.15) is 20.4 Å². The second-order valence-electron chi connectivity index (χ2n) is 35.9. The molecule has 4 aromatic carbocycles. The molecule has 39 heteroatoms. The number of fused-ring (bicyclic) bond motifs is 8. The molecule has 0 radical (unpaired) electrons. The first-order valence-corrected chi connectivity index (χ1v) is 47.1. The van der Waals surface area contributed by atoms with Gasteiger partial charge < -0.3 is 35.9 Å². The van der Waals surface area contributed by atoms with Crippen LogP contribution in [0.15, 0.2) is 269 Å². The van der Waals surface area contributed by atoms with Gasteiger partial charge in [-0.05, 0) is 103 Å². The Morgan fingerprint density at radius 1 is 0.345 bits per heavy atom. The molecule has 0 bridgehead atoms. The van der Waals surface area contributed by atoms with Crippen molar-refractivity contribution in [2.45, 2.75) is 66.7 Å². The molecule has 0 unspecified atom stereocenters. The first kappa shape index (κ1) is 93.2. The predicted octanol–water partition coefficient (Wildman–Crippen LogP) is 21.5. The number of rotatable bonds is 22. The number of benzene rings is 4. The summed E-state index contributed by atoms with van der Waals surface area (Å²) in [7, 11) is 0. The maximum atomic E-state index is 14.5. The van der Waals surface area contributed by atoms with Gasteiger partial charge in [0.2, 0.25) is 17.7 Å². The zero-order valence-electron chi connectivity index (χ0n) is 79.3. The molecule has 20 aromatic heterocycles. The largest absolute Gasteiger partial charge is 0.335 e. The molecule has 148 heavy (non-hydrogen) atoms. The summed E-state index contributed by atoms with van der Waals surface area (Å²) in [5.74, 6) is 1.07. The average molecular weight is 1970 g/mol. The summed E-state index contributed by atoms with van der Waals surface area (Å²) in [5, 5.41) is 41.2. The smallest absolute Gasteiger partial charge is 0.227 e. The predicted molar refractivity (Wildman–Crippen MR) is 553 cm³/mol. The van der Waals surface area contributed by atoms with Gasteiger partial charge in [0, 0.05) is 195 Å². The first-order valence-electron chi connectivity index (χ1n) is 47.1. The molecule has 1 aliphatic carbocycles. The van der Waals surface area contributed by atoms with Crippen molar-refractivity contribution in [2.75, 3.05) is 16.0 Å². The maximum absolute atomic E-state index is 14.5. The fraction of sp³-hybridized carbons (Fsp3) is 0.119. The zero-order chi connectivity index (χ0) is 101. The Balaban J connectivity index is 0.000000112. The van der Waals surface area contributed by atoms with Gasteiger partial charge >= 0.3 is 0 Å². The highest BCUT2D eigenvalue weighted by molar-refractivity contribution is 6.04. The molecule has 1 saturated carbocycles. The van der Waals surface area contributed by atoms with Crippen LogP contribution in [0.1, 0.15) is 66.0 Å². The van der Waals surface area contributed by atoms with Crippen LogP contribution in [0.2, 0.25) is 0 Å². The number of nitrogens with one attached hydrogen (secondary N) is 11. The van der Waals surface area contributed by atoms with Crippen LogP contribution in [-0.4, -0.2) is 164 Å². The number of carbonyl (C=O) groups excluding carboxylic acids is 4. The van der Waals surface area contributed by atoms with Crippen molar-refractivity contribution in [1.82, 2.24) is 140 Å². The van der Waals surface area contributed by atoms with Crippen molar-refractivity contribution in [3.05, 3.63) is 298 Å². The van der Waals surface area contributed by atoms with Gasteiger partial charge in [0.15, 0.2) is 45.9 Å². The van der Waals surface area contributed by atoms with Crippen LogP contribution in [0.25, 0.3) is 223 Å². The van der Waals surface area contributed by atoms with Crippen LogP contribution in [0.5, 0.6) is 0 Å². The fourth-order valence-electron chi connectivity index (χ4n) is 17.1. The third-order valence-corrected chi connectivity index (χ3v) is 24.8. The second-order valence-corrected chi connectivity index (χ2v) is 35.9. The number of aromatic amines is 8. The van der Waals surface area contributed by atoms with Gasteiger partial charge in [-0.15, -0.1) is 0 Å². The van der Waals surface area contributed by atoms with Gasteiger partial charge in [0.05, 0.1) is 110 Å². The number of ketones is 1. The lowest BCUT2D eigenvalue weighted by Gasteiger charge is -2.09. The number of halogens is 4. The Morgan fingerprint density at radius 3 is 1.07 bits per heavy atom. The minimum absolute atomic E-state index is 0.0293. The molecule has 0 saturated heterocycles. The molecule has 0 spiro atoms. The summed E-state index contributed by atoms with van der Waals surface area (Å²) in [6, 6.07) is 43.2. The standard InChI is InChI=1S/C28H23FN8O.C27H19FN8O.C27H21FN8O.C27H20FN7O/c1-15(2)7-24(38)33-18-8-16(10-30-12-18)17-9-20-26(36-37-27(20)32-11-17)28-34-23-14-31-13-21(25(23)35-28)19-5-3-4-6-22(19)29;28-18-3-1-2-15(6-18)21-12-30-13-22-23(21)34-26(33-22)24-20-8-17(10-31-25(20)36-35-24)16-7-19(11-29-9-16)32-27(37)14-4-5-14;1-14(2)27(37)32-17-7-15(9-29-11-17)16-8-19-24(35-36-25(19)31-10-16)26-33-22-13-30-12-20(23(22)34-26)18-5-3-4-6-21(18)28;1-2-18(36)10-17-8-7-15(11-30-17)16-9-20-25(34-35-26(20)31-12-16)27-32-23-14-29-13-21(24(23)33-27)19-5-3-4-6-22(19)28/h3-6,8-15H,7H2,1-2H3,(H,33,38)(H,34,35)(H,32,36,37);1-3,6-14H,4-5H2,(H,32,37)(H,33,34)(H,31,35,36);3-14H,1-2H3,(H,32,37)(H,33,34)(H,31,35,36);3-9,11-14H,2,10H2,1H3,(H,32,33)(H,31,34,35). The van der Waals surface area contributed by atoms with Crippen LogP contribution >= 0.6 is 0 Å². The van der Waals surface area contributed by atoms with Gasteiger partial charge in [-0.1, -0.05) is 107 Å². The summed E-state index contributed by atoms with van der Waals surface area (Å²) < 4.78 is 57.4. The van der Waals surface area contributed by atoms with Crippen molar-refractivity contribution < 1.29 is 36.7 Å². The van der Waals surface area contributed by atoms with Crippen molar-refractivity contribution in [1.29, 1.82) is 0 Å². The van der Waals surface area contributed by atoms with E-state index in [1.54, 1.807) is 178 Å². The summed E-state index contributed by atoms with van der Waals surface area (Å²) >= 11 is 0. The summed E-state index contributed by atoms with van der Waals surface area (Å²) in [6.07, 6.45) is 34.9. The monoisotopic (exact) mass is 1970 g/mol. The Kier molecular flexibility index (Phi) is 25.2. The number of anilines is 3. The van der Waals surface area contributed by atoms with Crippen LogP contribution < -0.4 is 16.0 Å². The average Bonchev–Trinajstić information content (AvgIpc) is 1.62. The molecule has 20 heterocycles. The Morgan fingerprint density at radius 2 is 0.703 bits per heavy atom. The highest BCUT2D eigenvalue weighted by Crippen LogP contribution is 2.41. The molecular weight excluding hydrogens is 1880 g/mol. The lowest BCUT2D eigenvalue weighted by Crippen LogP contribution is -2.17. The van der Waals surface area contributed by atoms with Crippen LogP contribution in [0.4, 0.5) is 34.6 Å². The van der Waals surface area contributed by atoms with Gasteiger partial charge in [0.1, 0.15) is 68.4 Å². The summed E-state index contributed by atoms with van der Waals surface area (Å²) in [6.45, 7) is 9.50. The van der Waals surface area contributed by atoms with E-state index >= 15 is 0 Å². The number of aromatic nitrogens is 28. The number of imidazole rings is 4. The molecule has 11 N–H and O–H groups in total. The number of Topliss-reactive ketones (excluding diaryl/α,β-unsaturated/α-hetero) is 1. The molecule has 1 fully saturated rings. The van der Waals surface area contributed by atoms with Crippen LogP contribution in [0.3, 0.4) is 0 Å². The molecule has 0 aliphatic heterocycles. The van der Waals surface area contributed by atoms with Crippen LogP contribution in [-0.2, 0) is 25.6 Å². The number of pyridine rings is 12. The van der Waals surface area contributed by atoms with Gasteiger partial charge in [0.25, 0.3) is 0 Å². The minimum Gasteiger partial charge on any atom is -0.335 e. The van der Waals surface area contributed by atoms with Crippen molar-refractivity contribution in [2.24, 2.45) is 17.8 Å². The fourth-order valence-corrected chi connectivity index (χ4v) is 17.1. The number of hydrogen-bond acceptors (Lipinski definition) is 24. The Hall–Kier alpha value is -19.8. The number of H-pyrrole nitrogens is 8. The molecule has 3 amide bonds. The van der Waals surface area contributed by atoms with E-state index in [9.17, 15) is 36.7 Å². The molecule has 24 aromatic rings. The molecule has 0 atom stereocenters. The highest BCUT2D eigenvalue weighted by atomic mass is 19.1. The highest BCUT2D eigenvalue weighted by Gasteiger charge is 2.31. The van der Waals surface area contributed by atoms with E-state index in [-0.39, 0.29) is 64.5 Å². The van der Waals surface area contributed by atoms with Crippen LogP contribution in [0, 0.1) is 41.0 Å². The second kappa shape index (κ2) is 40.0. The van der Waals surface area contributed by atoms with Crippen molar-refractivity contribution in [3.63, 3.8) is 0 Å². The Labute approximate surface area is 835 Å². The summed E-state index contributed by atoms with van der Waals surface area (Å²) in [5.41, 5.74) is 23.6. The molecule has 35 nitrogen and oxygen atoms in total. The molecule has 1 aliphatic rings. The quantitative estimate of drug-likeness (QED) is 0.0281. The Bertz CT molecular complexity index is 9260. The molecule has 726 valence electrons. The third kappa shape index (κ3) is 19.3. The minimum atomic E-state index is -0.345. The number of nitrogens with zero attached hydrogens (tertiary/aromatic N) is 20. The molecular formula is C109H83F4N31O4. The van der Waals surface area contributed by atoms with Crippen molar-refractivity contribution >= 4 is 129 Å². The zero-order valence-corrected chi connectivity index (χ0v) is 79.3. The topological polar surface area (TPSA) is 488 Å². The van der Waals surface area contributed by atoms with E-state index in [0.717, 1.165) is 90.2 Å². The van der Waals surface area contributed by atoms with Crippen molar-refractivity contribution in [3.8, 4) is 135 Å². The third-order valence-electron chi connectivity index (χ3n) is 24.8. The van der Waals surface area contributed by atoms with E-state index in [2.05, 4.69) is 136 Å². The number of amides is 3. The van der Waals surface area contributed by atoms with Gasteiger partial charge in [-0.3, -0.25) is 79.4 Å². The maximum Gasteiger partial charge on any atom is 0.227 e. The van der Waals surface area contributed by atoms with E-state index in [1.165, 1.54) is 30.3 Å². The number of hydrogen-bond donors (Lipinski definition) is 11. The van der Waals surface area contributed by atoms with E-state index in [0.29, 0.717) is 188 Å². The van der Waals surface area contributed by atoms with E-state index in [1.807, 2.05) is 95.3 Å². The normalized spacial score (nSPS) is 11.9. The summed E-state index contributed by atoms with van der Waals surface area (Å²) in [4.78, 5) is 133. The van der Waals surface area contributed by atoms with E-state index in [4.69, 9.17) is 19.9 Å². The SMILES string of the molecule is CC(C)C(=O)Nc1cncc(-c2cnc3n[nH]c(-c4nc5c(-c6ccccc6F)cncc5[nH]4)c3c2)c1.CC(C)CC(=O)Nc1cncc(-c2cnc3n[nH]c(-c4nc5c(-c6ccccc6F)cncc5[nH]4)c3c2)c1.CCC(=O)Cc1ccc(-c2cnc3n[nH]c(-c4nc5c(-c6ccccc6F)cncc5[nH]4)c3c2)cn1.O=C(Nc1cncc(-c2cnc3n[nH]c(-c4nc5c(-c6cccc(F)c6)cncc5[nH]4)c3c2)c1)C1CC1. The van der Waals surface area contributed by atoms with E-state index < -0.39 is 0 Å². The lowest BCUT2D eigenvalue weighted by molar-refractivity contribution is -0.119. The van der Waals surface area contributed by atoms with Gasteiger partial charge in [-0.25, -0.2) is 57.4 Å². The lowest BCUT2D eigenvalue weighted by atomic mass is 10.1. The molecule has 25 rings (SSSR count).